The Balaban J connectivity index is 1.67. The molecule has 6 nitrogen and oxygen atoms in total. The van der Waals surface area contributed by atoms with Crippen LogP contribution in [-0.2, 0) is 4.74 Å². The van der Waals surface area contributed by atoms with E-state index in [9.17, 15) is 4.79 Å². The Morgan fingerprint density at radius 2 is 1.92 bits per heavy atom. The number of hydrogen-bond donors (Lipinski definition) is 0. The van der Waals surface area contributed by atoms with Crippen molar-refractivity contribution in [3.8, 4) is 5.88 Å². The summed E-state index contributed by atoms with van der Waals surface area (Å²) in [6.07, 6.45) is 0.194. The maximum absolute atomic E-state index is 12.1. The Kier molecular flexibility index (Phi) is 4.49. The van der Waals surface area contributed by atoms with Gasteiger partial charge in [-0.05, 0) is 32.9 Å². The van der Waals surface area contributed by atoms with Crippen LogP contribution in [-0.4, -0.2) is 45.8 Å². The molecule has 1 fully saturated rings. The number of para-hydroxylation sites is 2. The molecule has 1 atom stereocenters. The minimum Gasteiger partial charge on any atom is -0.470 e. The fourth-order valence-electron chi connectivity index (χ4n) is 2.51. The second kappa shape index (κ2) is 6.43. The van der Waals surface area contributed by atoms with Crippen LogP contribution in [0, 0.1) is 0 Å². The Bertz CT molecular complexity index is 760. The van der Waals surface area contributed by atoms with Crippen molar-refractivity contribution in [3.05, 3.63) is 29.4 Å². The zero-order valence-electron chi connectivity index (χ0n) is 14.0. The first-order chi connectivity index (χ1) is 11.3. The Morgan fingerprint density at radius 3 is 2.58 bits per heavy atom. The van der Waals surface area contributed by atoms with Gasteiger partial charge in [-0.3, -0.25) is 0 Å². The third kappa shape index (κ3) is 3.87. The highest BCUT2D eigenvalue weighted by Gasteiger charge is 2.31. The lowest BCUT2D eigenvalue weighted by Crippen LogP contribution is -2.36. The lowest BCUT2D eigenvalue weighted by atomic mass is 10.2. The highest BCUT2D eigenvalue weighted by atomic mass is 35.5. The molecule has 24 heavy (non-hydrogen) atoms. The molecule has 0 unspecified atom stereocenters. The number of carbonyl (C=O) groups is 1. The molecule has 128 valence electrons. The number of aromatic nitrogens is 2. The standard InChI is InChI=1S/C17H20ClN3O3/c1-17(2,3)24-16(22)21-9-8-11(10-21)23-15-14(18)19-12-6-4-5-7-13(12)20-15/h4-7,11H,8-10H2,1-3H3/t11-/m0/s1. The summed E-state index contributed by atoms with van der Waals surface area (Å²) in [6, 6.07) is 7.46. The number of halogens is 1. The minimum absolute atomic E-state index is 0.175. The summed E-state index contributed by atoms with van der Waals surface area (Å²) in [5.74, 6) is 0.298. The molecule has 0 spiro atoms. The Hall–Kier alpha value is -2.08. The number of likely N-dealkylation sites (tertiary alicyclic amines) is 1. The number of rotatable bonds is 2. The Labute approximate surface area is 145 Å². The van der Waals surface area contributed by atoms with Gasteiger partial charge in [-0.2, -0.15) is 0 Å². The van der Waals surface area contributed by atoms with Crippen molar-refractivity contribution in [3.63, 3.8) is 0 Å². The lowest BCUT2D eigenvalue weighted by molar-refractivity contribution is 0.0275. The fraction of sp³-hybridized carbons (Fsp3) is 0.471. The van der Waals surface area contributed by atoms with Crippen LogP contribution in [0.2, 0.25) is 5.15 Å². The monoisotopic (exact) mass is 349 g/mol. The molecule has 0 bridgehead atoms. The molecule has 1 saturated heterocycles. The van der Waals surface area contributed by atoms with Gasteiger partial charge in [-0.1, -0.05) is 23.7 Å². The average Bonchev–Trinajstić information content (AvgIpc) is 2.95. The summed E-state index contributed by atoms with van der Waals surface area (Å²) in [6.45, 7) is 6.57. The second-order valence-electron chi connectivity index (χ2n) is 6.76. The van der Waals surface area contributed by atoms with Gasteiger partial charge in [-0.15, -0.1) is 0 Å². The zero-order valence-corrected chi connectivity index (χ0v) is 14.7. The highest BCUT2D eigenvalue weighted by molar-refractivity contribution is 6.31. The van der Waals surface area contributed by atoms with Crippen molar-refractivity contribution in [2.24, 2.45) is 0 Å². The molecule has 2 aromatic rings. The lowest BCUT2D eigenvalue weighted by Gasteiger charge is -2.24. The van der Waals surface area contributed by atoms with Crippen LogP contribution in [0.25, 0.3) is 11.0 Å². The molecule has 0 aliphatic carbocycles. The number of amides is 1. The van der Waals surface area contributed by atoms with Gasteiger partial charge in [0.2, 0.25) is 0 Å². The Morgan fingerprint density at radius 1 is 1.25 bits per heavy atom. The molecule has 2 heterocycles. The van der Waals surface area contributed by atoms with Gasteiger partial charge >= 0.3 is 6.09 Å². The van der Waals surface area contributed by atoms with Gasteiger partial charge in [0.05, 0.1) is 17.6 Å². The molecular formula is C17H20ClN3O3. The van der Waals surface area contributed by atoms with Crippen molar-refractivity contribution >= 4 is 28.7 Å². The van der Waals surface area contributed by atoms with Gasteiger partial charge in [0, 0.05) is 13.0 Å². The van der Waals surface area contributed by atoms with E-state index in [1.54, 1.807) is 4.90 Å². The van der Waals surface area contributed by atoms with Crippen molar-refractivity contribution in [2.45, 2.75) is 38.9 Å². The van der Waals surface area contributed by atoms with E-state index in [-0.39, 0.29) is 17.4 Å². The van der Waals surface area contributed by atoms with Crippen LogP contribution in [0.1, 0.15) is 27.2 Å². The average molecular weight is 350 g/mol. The van der Waals surface area contributed by atoms with Gasteiger partial charge < -0.3 is 14.4 Å². The van der Waals surface area contributed by atoms with Crippen LogP contribution < -0.4 is 4.74 Å². The predicted octanol–water partition coefficient (Wildman–Crippen LogP) is 3.67. The van der Waals surface area contributed by atoms with E-state index in [4.69, 9.17) is 21.1 Å². The SMILES string of the molecule is CC(C)(C)OC(=O)N1CC[C@H](Oc2nc3ccccc3nc2Cl)C1. The molecule has 1 aliphatic rings. The van der Waals surface area contributed by atoms with Gasteiger partial charge in [0.1, 0.15) is 11.7 Å². The quantitative estimate of drug-likeness (QED) is 0.827. The van der Waals surface area contributed by atoms with E-state index in [1.807, 2.05) is 45.0 Å². The highest BCUT2D eigenvalue weighted by Crippen LogP contribution is 2.26. The molecule has 1 aromatic heterocycles. The topological polar surface area (TPSA) is 64.5 Å². The van der Waals surface area contributed by atoms with E-state index in [0.29, 0.717) is 25.4 Å². The summed E-state index contributed by atoms with van der Waals surface area (Å²) in [5.41, 5.74) is 0.930. The van der Waals surface area contributed by atoms with Crippen LogP contribution in [0.4, 0.5) is 4.79 Å². The van der Waals surface area contributed by atoms with Crippen molar-refractivity contribution in [1.82, 2.24) is 14.9 Å². The molecule has 1 aliphatic heterocycles. The normalized spacial score (nSPS) is 18.0. The molecule has 0 radical (unpaired) electrons. The molecule has 0 saturated carbocycles. The summed E-state index contributed by atoms with van der Waals surface area (Å²) in [7, 11) is 0. The maximum atomic E-state index is 12.1. The molecule has 7 heteroatoms. The van der Waals surface area contributed by atoms with Gasteiger partial charge in [-0.25, -0.2) is 14.8 Å². The van der Waals surface area contributed by atoms with Crippen molar-refractivity contribution < 1.29 is 14.3 Å². The predicted molar refractivity (Wildman–Crippen MR) is 91.4 cm³/mol. The third-order valence-corrected chi connectivity index (χ3v) is 3.82. The first-order valence-corrected chi connectivity index (χ1v) is 8.26. The summed E-state index contributed by atoms with van der Waals surface area (Å²) in [5, 5.41) is 0.226. The smallest absolute Gasteiger partial charge is 0.410 e. The van der Waals surface area contributed by atoms with Gasteiger partial charge in [0.15, 0.2) is 5.15 Å². The first-order valence-electron chi connectivity index (χ1n) is 7.89. The number of fused-ring (bicyclic) bond motifs is 1. The number of benzene rings is 1. The van der Waals surface area contributed by atoms with E-state index in [0.717, 1.165) is 11.0 Å². The van der Waals surface area contributed by atoms with Crippen molar-refractivity contribution in [2.75, 3.05) is 13.1 Å². The summed E-state index contributed by atoms with van der Waals surface area (Å²) in [4.78, 5) is 22.4. The second-order valence-corrected chi connectivity index (χ2v) is 7.12. The first kappa shape index (κ1) is 16.8. The largest absolute Gasteiger partial charge is 0.470 e. The molecule has 3 rings (SSSR count). The van der Waals surface area contributed by atoms with E-state index in [1.165, 1.54) is 0 Å². The maximum Gasteiger partial charge on any atom is 0.410 e. The van der Waals surface area contributed by atoms with Crippen LogP contribution in [0.5, 0.6) is 5.88 Å². The number of ether oxygens (including phenoxy) is 2. The third-order valence-electron chi connectivity index (χ3n) is 3.57. The number of hydrogen-bond acceptors (Lipinski definition) is 5. The minimum atomic E-state index is -0.511. The van der Waals surface area contributed by atoms with E-state index >= 15 is 0 Å². The molecule has 1 aromatic carbocycles. The molecule has 1 amide bonds. The van der Waals surface area contributed by atoms with Crippen LogP contribution >= 0.6 is 11.6 Å². The van der Waals surface area contributed by atoms with E-state index < -0.39 is 5.60 Å². The summed E-state index contributed by atoms with van der Waals surface area (Å²) >= 11 is 6.16. The van der Waals surface area contributed by atoms with E-state index in [2.05, 4.69) is 9.97 Å². The number of nitrogens with zero attached hydrogens (tertiary/aromatic N) is 3. The fourth-order valence-corrected chi connectivity index (χ4v) is 2.69. The van der Waals surface area contributed by atoms with Crippen LogP contribution in [0.15, 0.2) is 24.3 Å². The van der Waals surface area contributed by atoms with Crippen molar-refractivity contribution in [1.29, 1.82) is 0 Å². The molecule has 0 N–H and O–H groups in total. The van der Waals surface area contributed by atoms with Gasteiger partial charge in [0.25, 0.3) is 5.88 Å². The summed E-state index contributed by atoms with van der Waals surface area (Å²) < 4.78 is 11.2. The van der Waals surface area contributed by atoms with Crippen LogP contribution in [0.3, 0.4) is 0 Å². The zero-order chi connectivity index (χ0) is 17.3. The number of carbonyl (C=O) groups excluding carboxylic acids is 1. The molecular weight excluding hydrogens is 330 g/mol.